The van der Waals surface area contributed by atoms with Gasteiger partial charge in [-0.05, 0) is 38.5 Å². The summed E-state index contributed by atoms with van der Waals surface area (Å²) in [6.07, 6.45) is 109. The maximum Gasteiger partial charge on any atom is 0.253 e. The summed E-state index contributed by atoms with van der Waals surface area (Å²) in [7, 11) is 0. The molecule has 0 bridgehead atoms. The van der Waals surface area contributed by atoms with E-state index in [1.165, 1.54) is 462 Å². The van der Waals surface area contributed by atoms with E-state index >= 15 is 0 Å². The van der Waals surface area contributed by atoms with Gasteiger partial charge in [0.15, 0.2) is 23.0 Å². The minimum atomic E-state index is -0.558. The van der Waals surface area contributed by atoms with Crippen LogP contribution in [0.15, 0.2) is 33.9 Å². The van der Waals surface area contributed by atoms with E-state index in [0.717, 1.165) is 77.0 Å². The fraction of sp³-hybridized carbons (Fsp3) is 0.857. The minimum Gasteiger partial charge on any atom is -0.489 e. The molecule has 10 nitrogen and oxygen atoms in total. The molecule has 0 spiro atoms. The number of unbranched alkanes of at least 4 members (excludes halogenated alkanes) is 78. The molecule has 0 unspecified atom stereocenters. The third-order valence-corrected chi connectivity index (χ3v) is 26.0. The molecular formula is C112H204N2O8. The molecule has 0 heterocycles. The molecule has 0 atom stereocenters. The highest BCUT2D eigenvalue weighted by molar-refractivity contribution is 5.84. The van der Waals surface area contributed by atoms with Gasteiger partial charge in [-0.2, -0.15) is 0 Å². The fourth-order valence-corrected chi connectivity index (χ4v) is 17.8. The topological polar surface area (TPSA) is 114 Å². The van der Waals surface area contributed by atoms with Gasteiger partial charge in [0.2, 0.25) is 11.5 Å². The summed E-state index contributed by atoms with van der Waals surface area (Å²) >= 11 is 0. The predicted octanol–water partition coefficient (Wildman–Crippen LogP) is 37.9. The molecule has 0 aliphatic heterocycles. The lowest BCUT2D eigenvalue weighted by Gasteiger charge is -2.22. The molecule has 0 aliphatic rings. The summed E-state index contributed by atoms with van der Waals surface area (Å²) in [4.78, 5) is 28.4. The Hall–Kier alpha value is -4.08. The van der Waals surface area contributed by atoms with Crippen LogP contribution in [0.5, 0.6) is 34.5 Å². The van der Waals surface area contributed by atoms with Crippen molar-refractivity contribution in [3.63, 3.8) is 0 Å². The Morgan fingerprint density at radius 3 is 0.410 bits per heavy atom. The Kier molecular flexibility index (Phi) is 80.5. The molecule has 0 aromatic heterocycles. The zero-order chi connectivity index (χ0) is 87.1. The molecule has 0 aliphatic carbocycles. The molecule has 0 saturated carbocycles. The van der Waals surface area contributed by atoms with Gasteiger partial charge in [-0.1, -0.05) is 542 Å². The standard InChI is InChI=1S/C112H204N2O8/c1-7-13-19-25-31-37-43-49-55-61-67-73-79-85-91-117-103-97-101(98-104(118-92-86-80-74-68-62-56-50-44-38-32-26-20-14-8-2)111(103)121-95-89-83-77-71-65-59-53-47-41-35-29-23-17-11-5)113-107-108(110(116)109(107)115)114-102-99-105(119-93-87-81-75-69-63-57-51-45-39-33-27-21-15-9-3)112(122-96-90-84-78-72-66-60-54-48-42-36-30-24-18-12-6)106(100-102)120-94-88-82-76-70-64-58-52-46-40-34-28-22-16-10-4/h97-100,113-114H,7-96H2,1-6H3. The summed E-state index contributed by atoms with van der Waals surface area (Å²) < 4.78 is 41.2. The minimum absolute atomic E-state index is 0.217. The second kappa shape index (κ2) is 87.6. The SMILES string of the molecule is CCCCCCCCCCCCCCCCOc1cc(Nc2c(Nc3cc(OCCCCCCCCCCCCCCCC)c(OCCCCCCCCCCCCCCCC)c(OCCCCCCCCCCCCCCCC)c3)c(=O)c2=O)cc(OCCCCCCCCCCCCCCCC)c1OCCCCCCCCCCCCCCCC. The zero-order valence-corrected chi connectivity index (χ0v) is 82.2. The van der Waals surface area contributed by atoms with Crippen molar-refractivity contribution >= 4 is 22.7 Å². The predicted molar refractivity (Wildman–Crippen MR) is 536 cm³/mol. The van der Waals surface area contributed by atoms with Crippen molar-refractivity contribution in [1.29, 1.82) is 0 Å². The first-order valence-electron chi connectivity index (χ1n) is 54.9. The van der Waals surface area contributed by atoms with Gasteiger partial charge >= 0.3 is 0 Å². The summed E-state index contributed by atoms with van der Waals surface area (Å²) in [5.41, 5.74) is 0.564. The van der Waals surface area contributed by atoms with E-state index in [4.69, 9.17) is 28.4 Å². The van der Waals surface area contributed by atoms with Crippen LogP contribution in [0.25, 0.3) is 0 Å². The second-order valence-electron chi connectivity index (χ2n) is 37.9. The van der Waals surface area contributed by atoms with E-state index in [0.29, 0.717) is 85.5 Å². The normalized spacial score (nSPS) is 11.6. The van der Waals surface area contributed by atoms with Crippen LogP contribution in [-0.2, 0) is 0 Å². The fourth-order valence-electron chi connectivity index (χ4n) is 17.8. The first kappa shape index (κ1) is 112. The molecular weight excluding hydrogens is 1500 g/mol. The zero-order valence-electron chi connectivity index (χ0n) is 82.2. The number of hydrogen-bond acceptors (Lipinski definition) is 10. The number of nitrogens with one attached hydrogen (secondary N) is 2. The Balaban J connectivity index is 1.96. The van der Waals surface area contributed by atoms with E-state index < -0.39 is 10.9 Å². The highest BCUT2D eigenvalue weighted by Gasteiger charge is 2.26. The Morgan fingerprint density at radius 1 is 0.164 bits per heavy atom. The van der Waals surface area contributed by atoms with Crippen LogP contribution in [0, 0.1) is 0 Å². The first-order valence-corrected chi connectivity index (χ1v) is 54.9. The van der Waals surface area contributed by atoms with Crippen LogP contribution in [0.3, 0.4) is 0 Å². The smallest absolute Gasteiger partial charge is 0.253 e. The van der Waals surface area contributed by atoms with Gasteiger partial charge in [-0.3, -0.25) is 9.59 Å². The number of anilines is 4. The quantitative estimate of drug-likeness (QED) is 0.0418. The maximum absolute atomic E-state index is 14.2. The average molecular weight is 1710 g/mol. The molecule has 3 rings (SSSR count). The second-order valence-corrected chi connectivity index (χ2v) is 37.9. The summed E-state index contributed by atoms with van der Waals surface area (Å²) in [5, 5.41) is 6.98. The number of ether oxygens (including phenoxy) is 6. The van der Waals surface area contributed by atoms with Crippen molar-refractivity contribution in [2.45, 2.75) is 581 Å². The number of hydrogen-bond donors (Lipinski definition) is 2. The van der Waals surface area contributed by atoms with Gasteiger partial charge in [0.25, 0.3) is 10.9 Å². The van der Waals surface area contributed by atoms with Crippen LogP contribution in [0.1, 0.15) is 581 Å². The molecule has 0 amide bonds. The molecule has 2 N–H and O–H groups in total. The average Bonchev–Trinajstić information content (AvgIpc) is 0.760. The molecule has 0 saturated heterocycles. The van der Waals surface area contributed by atoms with Crippen LogP contribution < -0.4 is 49.9 Å². The first-order chi connectivity index (χ1) is 60.4. The summed E-state index contributed by atoms with van der Waals surface area (Å²) in [6.45, 7) is 17.2. The Morgan fingerprint density at radius 2 is 0.279 bits per heavy atom. The molecule has 3 aromatic rings. The van der Waals surface area contributed by atoms with Crippen molar-refractivity contribution in [1.82, 2.24) is 0 Å². The van der Waals surface area contributed by atoms with E-state index in [1.54, 1.807) is 0 Å². The van der Waals surface area contributed by atoms with Gasteiger partial charge in [0.05, 0.1) is 39.6 Å². The Bertz CT molecular complexity index is 2460. The third-order valence-electron chi connectivity index (χ3n) is 26.0. The molecule has 3 aromatic carbocycles. The van der Waals surface area contributed by atoms with Crippen LogP contribution in [0.2, 0.25) is 0 Å². The van der Waals surface area contributed by atoms with Crippen molar-refractivity contribution in [3.8, 4) is 34.5 Å². The van der Waals surface area contributed by atoms with E-state index in [9.17, 15) is 9.59 Å². The molecule has 710 valence electrons. The lowest BCUT2D eigenvalue weighted by Crippen LogP contribution is -2.35. The summed E-state index contributed by atoms with van der Waals surface area (Å²) in [6, 6.07) is 7.89. The lowest BCUT2D eigenvalue weighted by atomic mass is 10.0. The van der Waals surface area contributed by atoms with Gasteiger partial charge in [0.1, 0.15) is 11.4 Å². The molecule has 122 heavy (non-hydrogen) atoms. The van der Waals surface area contributed by atoms with Crippen molar-refractivity contribution in [3.05, 3.63) is 44.7 Å². The van der Waals surface area contributed by atoms with Gasteiger partial charge < -0.3 is 39.1 Å². The number of benzene rings is 2. The van der Waals surface area contributed by atoms with Crippen molar-refractivity contribution in [2.75, 3.05) is 50.3 Å². The highest BCUT2D eigenvalue weighted by Crippen LogP contribution is 2.45. The molecule has 0 fully saturated rings. The van der Waals surface area contributed by atoms with E-state index in [1.807, 2.05) is 24.3 Å². The van der Waals surface area contributed by atoms with E-state index in [2.05, 4.69) is 52.2 Å². The summed E-state index contributed by atoms with van der Waals surface area (Å²) in [5.74, 6) is 3.74. The van der Waals surface area contributed by atoms with Crippen LogP contribution in [0.4, 0.5) is 22.7 Å². The Labute approximate surface area is 757 Å². The van der Waals surface area contributed by atoms with Crippen LogP contribution in [-0.4, -0.2) is 39.6 Å². The van der Waals surface area contributed by atoms with Crippen LogP contribution >= 0.6 is 0 Å². The molecule has 10 heteroatoms. The van der Waals surface area contributed by atoms with E-state index in [-0.39, 0.29) is 11.4 Å². The van der Waals surface area contributed by atoms with Crippen molar-refractivity contribution in [2.24, 2.45) is 0 Å². The third kappa shape index (κ3) is 64.6. The van der Waals surface area contributed by atoms with Gasteiger partial charge in [0, 0.05) is 35.6 Å². The maximum atomic E-state index is 14.2. The molecule has 0 radical (unpaired) electrons. The van der Waals surface area contributed by atoms with Gasteiger partial charge in [-0.25, -0.2) is 0 Å². The lowest BCUT2D eigenvalue weighted by molar-refractivity contribution is 0.234. The number of rotatable bonds is 100. The monoisotopic (exact) mass is 1710 g/mol. The van der Waals surface area contributed by atoms with Gasteiger partial charge in [-0.15, -0.1) is 0 Å². The highest BCUT2D eigenvalue weighted by atomic mass is 16.5. The largest absolute Gasteiger partial charge is 0.489 e. The van der Waals surface area contributed by atoms with Crippen molar-refractivity contribution < 1.29 is 28.4 Å².